The summed E-state index contributed by atoms with van der Waals surface area (Å²) in [5, 5.41) is 3.37. The van der Waals surface area contributed by atoms with E-state index in [1.807, 2.05) is 31.2 Å². The molecule has 2 rings (SSSR count). The second-order valence-electron chi connectivity index (χ2n) is 5.19. The molecule has 3 nitrogen and oxygen atoms in total. The average molecular weight is 255 g/mol. The Hall–Kier alpha value is -1.90. The highest BCUT2D eigenvalue weighted by Gasteiger charge is 2.09. The highest BCUT2D eigenvalue weighted by molar-refractivity contribution is 5.33. The summed E-state index contributed by atoms with van der Waals surface area (Å²) in [6, 6.07) is 12.6. The quantitative estimate of drug-likeness (QED) is 0.894. The Morgan fingerprint density at radius 1 is 1.00 bits per heavy atom. The molecule has 0 saturated carbocycles. The summed E-state index contributed by atoms with van der Waals surface area (Å²) in [6.07, 6.45) is 0. The Labute approximate surface area is 115 Å². The Balaban J connectivity index is 2.19. The van der Waals surface area contributed by atoms with E-state index in [0.29, 0.717) is 11.9 Å². The summed E-state index contributed by atoms with van der Waals surface area (Å²) in [5.41, 5.74) is 3.32. The molecule has 0 bridgehead atoms. The first kappa shape index (κ1) is 13.5. The maximum absolute atomic E-state index is 4.58. The first-order chi connectivity index (χ1) is 9.06. The molecule has 0 spiro atoms. The van der Waals surface area contributed by atoms with Gasteiger partial charge in [-0.25, -0.2) is 9.97 Å². The lowest BCUT2D eigenvalue weighted by Crippen LogP contribution is -2.11. The van der Waals surface area contributed by atoms with Gasteiger partial charge in [-0.3, -0.25) is 0 Å². The van der Waals surface area contributed by atoms with Crippen molar-refractivity contribution in [3.63, 3.8) is 0 Å². The summed E-state index contributed by atoms with van der Waals surface area (Å²) in [5.74, 6) is 1.12. The van der Waals surface area contributed by atoms with Crippen LogP contribution in [0.15, 0.2) is 36.4 Å². The van der Waals surface area contributed by atoms with Crippen molar-refractivity contribution in [2.75, 3.05) is 5.32 Å². The molecule has 0 amide bonds. The topological polar surface area (TPSA) is 37.8 Å². The highest BCUT2D eigenvalue weighted by Crippen LogP contribution is 2.19. The molecule has 0 fully saturated rings. The van der Waals surface area contributed by atoms with Gasteiger partial charge in [0.15, 0.2) is 0 Å². The number of rotatable bonds is 4. The standard InChI is InChI=1S/C16H21N3/c1-11(2)15-10-12(3)17-16(19-15)18-13(4)14-8-6-5-7-9-14/h5-11,13H,1-4H3,(H,17,18,19). The van der Waals surface area contributed by atoms with Gasteiger partial charge in [0.2, 0.25) is 5.95 Å². The van der Waals surface area contributed by atoms with Crippen molar-refractivity contribution in [3.8, 4) is 0 Å². The Morgan fingerprint density at radius 3 is 2.32 bits per heavy atom. The van der Waals surface area contributed by atoms with Crippen molar-refractivity contribution in [1.82, 2.24) is 9.97 Å². The molecule has 3 heteroatoms. The third kappa shape index (κ3) is 3.53. The van der Waals surface area contributed by atoms with E-state index in [-0.39, 0.29) is 6.04 Å². The Morgan fingerprint density at radius 2 is 1.68 bits per heavy atom. The van der Waals surface area contributed by atoms with Gasteiger partial charge in [-0.1, -0.05) is 44.2 Å². The van der Waals surface area contributed by atoms with Gasteiger partial charge in [-0.15, -0.1) is 0 Å². The minimum Gasteiger partial charge on any atom is -0.348 e. The SMILES string of the molecule is Cc1cc(C(C)C)nc(NC(C)c2ccccc2)n1. The molecule has 2 aromatic rings. The second kappa shape index (κ2) is 5.83. The zero-order valence-electron chi connectivity index (χ0n) is 12.0. The van der Waals surface area contributed by atoms with Crippen LogP contribution in [0.1, 0.15) is 49.7 Å². The lowest BCUT2D eigenvalue weighted by Gasteiger charge is -2.16. The van der Waals surface area contributed by atoms with E-state index in [0.717, 1.165) is 11.4 Å². The van der Waals surface area contributed by atoms with Crippen LogP contribution in [0.2, 0.25) is 0 Å². The van der Waals surface area contributed by atoms with Crippen LogP contribution >= 0.6 is 0 Å². The largest absolute Gasteiger partial charge is 0.348 e. The molecule has 0 aliphatic rings. The number of aromatic nitrogens is 2. The van der Waals surface area contributed by atoms with Gasteiger partial charge in [0.1, 0.15) is 0 Å². The predicted octanol–water partition coefficient (Wildman–Crippen LogP) is 4.08. The molecular formula is C16H21N3. The normalized spacial score (nSPS) is 12.5. The maximum Gasteiger partial charge on any atom is 0.223 e. The highest BCUT2D eigenvalue weighted by atomic mass is 15.1. The number of anilines is 1. The molecule has 0 saturated heterocycles. The van der Waals surface area contributed by atoms with E-state index < -0.39 is 0 Å². The number of aryl methyl sites for hydroxylation is 1. The molecular weight excluding hydrogens is 234 g/mol. The fourth-order valence-electron chi connectivity index (χ4n) is 1.97. The molecule has 0 aliphatic carbocycles. The summed E-state index contributed by atoms with van der Waals surface area (Å²) in [7, 11) is 0. The molecule has 0 radical (unpaired) electrons. The molecule has 19 heavy (non-hydrogen) atoms. The molecule has 0 aliphatic heterocycles. The van der Waals surface area contributed by atoms with Crippen molar-refractivity contribution in [3.05, 3.63) is 53.3 Å². The smallest absolute Gasteiger partial charge is 0.223 e. The van der Waals surface area contributed by atoms with Crippen molar-refractivity contribution in [2.24, 2.45) is 0 Å². The minimum atomic E-state index is 0.197. The van der Waals surface area contributed by atoms with E-state index in [2.05, 4.69) is 48.2 Å². The molecule has 1 unspecified atom stereocenters. The molecule has 100 valence electrons. The van der Waals surface area contributed by atoms with E-state index in [1.165, 1.54) is 5.56 Å². The third-order valence-electron chi connectivity index (χ3n) is 3.11. The monoisotopic (exact) mass is 255 g/mol. The molecule has 1 heterocycles. The zero-order valence-corrected chi connectivity index (χ0v) is 12.0. The maximum atomic E-state index is 4.58. The van der Waals surface area contributed by atoms with Gasteiger partial charge in [-0.05, 0) is 31.4 Å². The van der Waals surface area contributed by atoms with Gasteiger partial charge < -0.3 is 5.32 Å². The van der Waals surface area contributed by atoms with E-state index >= 15 is 0 Å². The predicted molar refractivity (Wildman–Crippen MR) is 79.3 cm³/mol. The van der Waals surface area contributed by atoms with Crippen LogP contribution in [-0.4, -0.2) is 9.97 Å². The molecule has 1 aromatic heterocycles. The molecule has 1 atom stereocenters. The van der Waals surface area contributed by atoms with Gasteiger partial charge >= 0.3 is 0 Å². The fraction of sp³-hybridized carbons (Fsp3) is 0.375. The van der Waals surface area contributed by atoms with Crippen LogP contribution in [-0.2, 0) is 0 Å². The van der Waals surface area contributed by atoms with Crippen LogP contribution in [0.25, 0.3) is 0 Å². The van der Waals surface area contributed by atoms with Crippen molar-refractivity contribution >= 4 is 5.95 Å². The van der Waals surface area contributed by atoms with Crippen LogP contribution in [0, 0.1) is 6.92 Å². The third-order valence-corrected chi connectivity index (χ3v) is 3.11. The number of hydrogen-bond acceptors (Lipinski definition) is 3. The van der Waals surface area contributed by atoms with E-state index in [1.54, 1.807) is 0 Å². The Bertz CT molecular complexity index is 535. The molecule has 1 N–H and O–H groups in total. The van der Waals surface area contributed by atoms with Gasteiger partial charge in [0.25, 0.3) is 0 Å². The number of hydrogen-bond donors (Lipinski definition) is 1. The van der Waals surface area contributed by atoms with E-state index in [4.69, 9.17) is 0 Å². The van der Waals surface area contributed by atoms with Gasteiger partial charge in [0, 0.05) is 11.4 Å². The fourth-order valence-corrected chi connectivity index (χ4v) is 1.97. The molecule has 1 aromatic carbocycles. The zero-order chi connectivity index (χ0) is 13.8. The van der Waals surface area contributed by atoms with Gasteiger partial charge in [-0.2, -0.15) is 0 Å². The lowest BCUT2D eigenvalue weighted by molar-refractivity contribution is 0.794. The lowest BCUT2D eigenvalue weighted by atomic mass is 10.1. The number of nitrogens with zero attached hydrogens (tertiary/aromatic N) is 2. The van der Waals surface area contributed by atoms with Crippen LogP contribution in [0.3, 0.4) is 0 Å². The summed E-state index contributed by atoms with van der Waals surface area (Å²) in [6.45, 7) is 8.42. The number of nitrogens with one attached hydrogen (secondary N) is 1. The number of benzene rings is 1. The first-order valence-corrected chi connectivity index (χ1v) is 6.73. The first-order valence-electron chi connectivity index (χ1n) is 6.73. The van der Waals surface area contributed by atoms with Gasteiger partial charge in [0.05, 0.1) is 6.04 Å². The van der Waals surface area contributed by atoms with Crippen molar-refractivity contribution in [1.29, 1.82) is 0 Å². The summed E-state index contributed by atoms with van der Waals surface area (Å²) in [4.78, 5) is 9.04. The summed E-state index contributed by atoms with van der Waals surface area (Å²) >= 11 is 0. The van der Waals surface area contributed by atoms with Crippen LogP contribution in [0.5, 0.6) is 0 Å². The Kier molecular flexibility index (Phi) is 4.15. The minimum absolute atomic E-state index is 0.197. The average Bonchev–Trinajstić information content (AvgIpc) is 2.39. The second-order valence-corrected chi connectivity index (χ2v) is 5.19. The van der Waals surface area contributed by atoms with Crippen molar-refractivity contribution in [2.45, 2.75) is 39.7 Å². The van der Waals surface area contributed by atoms with Crippen molar-refractivity contribution < 1.29 is 0 Å². The van der Waals surface area contributed by atoms with Crippen LogP contribution < -0.4 is 5.32 Å². The summed E-state index contributed by atoms with van der Waals surface area (Å²) < 4.78 is 0. The van der Waals surface area contributed by atoms with Crippen LogP contribution in [0.4, 0.5) is 5.95 Å². The van der Waals surface area contributed by atoms with E-state index in [9.17, 15) is 0 Å².